The van der Waals surface area contributed by atoms with Crippen LogP contribution in [-0.2, 0) is 10.1 Å². The molecule has 31 heteroatoms. The quantitative estimate of drug-likeness (QED) is 0.152. The van der Waals surface area contributed by atoms with E-state index in [1.807, 2.05) is 0 Å². The molecule has 0 heterocycles. The van der Waals surface area contributed by atoms with E-state index in [0.717, 1.165) is 0 Å². The standard InChI is InChI=1S/C13HF27O3S/c14-1(15,2(16,17)4(20,21)6(24,25)8(28,29)10(32,33)12(36,37)38)3(18,19)5(22,23)7(26,27)9(30,31)11(34,35)13(39,40)44(41,42)43/h(H,41,42,43)/p-1. The molecule has 0 aliphatic heterocycles. The molecule has 0 rings (SSSR count). The van der Waals surface area contributed by atoms with E-state index in [4.69, 9.17) is 0 Å². The molecule has 0 aliphatic carbocycles. The van der Waals surface area contributed by atoms with Gasteiger partial charge in [0.05, 0.1) is 0 Å². The SMILES string of the molecule is O=S(=O)([O-])C(F)(F)C(F)(F)C(F)(F)C(F)(F)C(F)(F)C(F)(F)C(F)(F)C(F)(F)C(F)(F)C(F)(F)C(F)(F)C(F)(F)C(F)(F)F. The van der Waals surface area contributed by atoms with Gasteiger partial charge in [0, 0.05) is 0 Å². The van der Waals surface area contributed by atoms with E-state index in [1.54, 1.807) is 0 Å². The first-order valence-electron chi connectivity index (χ1n) is 8.81. The fourth-order valence-corrected chi connectivity index (χ4v) is 2.73. The lowest BCUT2D eigenvalue weighted by Crippen LogP contribution is -2.79. The van der Waals surface area contributed by atoms with E-state index in [2.05, 4.69) is 0 Å². The van der Waals surface area contributed by atoms with Crippen molar-refractivity contribution in [2.75, 3.05) is 0 Å². The van der Waals surface area contributed by atoms with Crippen LogP contribution in [0.25, 0.3) is 0 Å². The van der Waals surface area contributed by atoms with Gasteiger partial charge in [-0.3, -0.25) is 0 Å². The highest BCUT2D eigenvalue weighted by Crippen LogP contribution is 2.68. The van der Waals surface area contributed by atoms with Crippen LogP contribution < -0.4 is 0 Å². The Morgan fingerprint density at radius 1 is 0.273 bits per heavy atom. The molecule has 0 amide bonds. The van der Waals surface area contributed by atoms with Crippen LogP contribution in [0.1, 0.15) is 0 Å². The van der Waals surface area contributed by atoms with Crippen molar-refractivity contribution < 1.29 is 132 Å². The van der Waals surface area contributed by atoms with E-state index in [9.17, 15) is 132 Å². The molecule has 0 aromatic heterocycles. The van der Waals surface area contributed by atoms with Crippen molar-refractivity contribution in [2.45, 2.75) is 76.6 Å². The molecular formula is C13F27O3S-. The molecule has 0 saturated carbocycles. The van der Waals surface area contributed by atoms with Crippen LogP contribution in [0.5, 0.6) is 0 Å². The van der Waals surface area contributed by atoms with Gasteiger partial charge >= 0.3 is 76.6 Å². The van der Waals surface area contributed by atoms with E-state index >= 15 is 0 Å². The predicted octanol–water partition coefficient (Wildman–Crippen LogP) is 7.68. The van der Waals surface area contributed by atoms with Crippen LogP contribution in [0.3, 0.4) is 0 Å². The molecule has 0 radical (unpaired) electrons. The van der Waals surface area contributed by atoms with Gasteiger partial charge in [-0.2, -0.15) is 119 Å². The van der Waals surface area contributed by atoms with Crippen molar-refractivity contribution >= 4 is 10.1 Å². The monoisotopic (exact) mass is 749 g/mol. The maximum Gasteiger partial charge on any atom is 0.460 e. The van der Waals surface area contributed by atoms with E-state index in [1.165, 1.54) is 0 Å². The summed E-state index contributed by atoms with van der Waals surface area (Å²) in [6, 6.07) is 0. The number of alkyl halides is 27. The molecule has 0 unspecified atom stereocenters. The normalized spacial score (nSPS) is 17.3. The summed E-state index contributed by atoms with van der Waals surface area (Å²) >= 11 is 0. The Morgan fingerprint density at radius 2 is 0.409 bits per heavy atom. The molecular weight excluding hydrogens is 749 g/mol. The second-order valence-corrected chi connectivity index (χ2v) is 9.21. The number of hydrogen-bond donors (Lipinski definition) is 0. The highest BCUT2D eigenvalue weighted by atomic mass is 32.2. The fourth-order valence-electron chi connectivity index (χ4n) is 2.29. The Labute approximate surface area is 219 Å². The zero-order valence-corrected chi connectivity index (χ0v) is 19.2. The minimum absolute atomic E-state index is 8.29. The van der Waals surface area contributed by atoms with Gasteiger partial charge in [0.15, 0.2) is 10.1 Å². The molecule has 0 bridgehead atoms. The van der Waals surface area contributed by atoms with Crippen LogP contribution >= 0.6 is 0 Å². The third kappa shape index (κ3) is 4.61. The Balaban J connectivity index is 7.56. The highest BCUT2D eigenvalue weighted by molar-refractivity contribution is 7.86. The van der Waals surface area contributed by atoms with Gasteiger partial charge in [-0.25, -0.2) is 8.42 Å². The summed E-state index contributed by atoms with van der Waals surface area (Å²) in [6.07, 6.45) is -8.29. The summed E-state index contributed by atoms with van der Waals surface area (Å²) in [5.41, 5.74) is 0. The van der Waals surface area contributed by atoms with Gasteiger partial charge in [0.2, 0.25) is 0 Å². The smallest absolute Gasteiger partial charge is 0.460 e. The Bertz CT molecular complexity index is 1190. The van der Waals surface area contributed by atoms with Gasteiger partial charge < -0.3 is 4.55 Å². The van der Waals surface area contributed by atoms with Crippen molar-refractivity contribution in [3.63, 3.8) is 0 Å². The molecule has 0 spiro atoms. The third-order valence-electron chi connectivity index (χ3n) is 4.98. The highest BCUT2D eigenvalue weighted by Gasteiger charge is 3.00. The molecule has 0 fully saturated rings. The van der Waals surface area contributed by atoms with E-state index in [0.29, 0.717) is 0 Å². The van der Waals surface area contributed by atoms with Crippen molar-refractivity contribution in [1.29, 1.82) is 0 Å². The van der Waals surface area contributed by atoms with Gasteiger partial charge in [-0.05, 0) is 0 Å². The molecule has 0 N–H and O–H groups in total. The average Bonchev–Trinajstić information content (AvgIpc) is 2.75. The molecule has 266 valence electrons. The zero-order valence-electron chi connectivity index (χ0n) is 18.3. The third-order valence-corrected chi connectivity index (χ3v) is 5.86. The molecule has 0 saturated heterocycles. The lowest BCUT2D eigenvalue weighted by Gasteiger charge is -2.46. The lowest BCUT2D eigenvalue weighted by atomic mass is 9.84. The van der Waals surface area contributed by atoms with Gasteiger partial charge in [0.25, 0.3) is 0 Å². The Morgan fingerprint density at radius 3 is 0.545 bits per heavy atom. The van der Waals surface area contributed by atoms with Gasteiger partial charge in [-0.15, -0.1) is 0 Å². The maximum atomic E-state index is 13.6. The lowest BCUT2D eigenvalue weighted by molar-refractivity contribution is -0.483. The van der Waals surface area contributed by atoms with Crippen LogP contribution in [0.4, 0.5) is 119 Å². The molecule has 0 aromatic carbocycles. The predicted molar refractivity (Wildman–Crippen MR) is 75.1 cm³/mol. The van der Waals surface area contributed by atoms with Gasteiger partial charge in [-0.1, -0.05) is 0 Å². The van der Waals surface area contributed by atoms with Crippen LogP contribution in [0, 0.1) is 0 Å². The van der Waals surface area contributed by atoms with E-state index < -0.39 is 86.7 Å². The minimum Gasteiger partial charge on any atom is -0.743 e. The number of rotatable bonds is 12. The topological polar surface area (TPSA) is 57.2 Å². The second kappa shape index (κ2) is 9.77. The first-order chi connectivity index (χ1) is 18.2. The maximum absolute atomic E-state index is 13.6. The van der Waals surface area contributed by atoms with Crippen molar-refractivity contribution in [1.82, 2.24) is 0 Å². The molecule has 44 heavy (non-hydrogen) atoms. The van der Waals surface area contributed by atoms with Crippen molar-refractivity contribution in [3.05, 3.63) is 0 Å². The zero-order chi connectivity index (χ0) is 37.0. The molecule has 3 nitrogen and oxygen atoms in total. The summed E-state index contributed by atoms with van der Waals surface area (Å²) in [7, 11) is -8.55. The van der Waals surface area contributed by atoms with Gasteiger partial charge in [0.1, 0.15) is 0 Å². The van der Waals surface area contributed by atoms with Crippen molar-refractivity contribution in [3.8, 4) is 0 Å². The summed E-state index contributed by atoms with van der Waals surface area (Å²) < 4.78 is 384. The minimum atomic E-state index is -9.93. The average molecular weight is 749 g/mol. The van der Waals surface area contributed by atoms with Crippen molar-refractivity contribution in [2.24, 2.45) is 0 Å². The number of halogens is 27. The van der Waals surface area contributed by atoms with Crippen LogP contribution in [0.15, 0.2) is 0 Å². The molecule has 0 atom stereocenters. The summed E-state index contributed by atoms with van der Waals surface area (Å²) in [5.74, 6) is -105. The fraction of sp³-hybridized carbons (Fsp3) is 1.00. The Kier molecular flexibility index (Phi) is 9.33. The number of hydrogen-bond acceptors (Lipinski definition) is 3. The summed E-state index contributed by atoms with van der Waals surface area (Å²) in [5, 5.41) is -8.39. The summed E-state index contributed by atoms with van der Waals surface area (Å²) in [6.45, 7) is 0. The largest absolute Gasteiger partial charge is 0.743 e. The Hall–Kier alpha value is -1.98. The van der Waals surface area contributed by atoms with E-state index in [-0.39, 0.29) is 0 Å². The second-order valence-electron chi connectivity index (χ2n) is 7.79. The first kappa shape index (κ1) is 42.0. The summed E-state index contributed by atoms with van der Waals surface area (Å²) in [4.78, 5) is 0. The first-order valence-corrected chi connectivity index (χ1v) is 10.2. The molecule has 0 aromatic rings. The van der Waals surface area contributed by atoms with Crippen LogP contribution in [-0.4, -0.2) is 89.5 Å². The molecule has 0 aliphatic rings. The van der Waals surface area contributed by atoms with Crippen LogP contribution in [0.2, 0.25) is 0 Å².